The molecule has 0 spiro atoms. The third-order valence-corrected chi connectivity index (χ3v) is 2.79. The van der Waals surface area contributed by atoms with Gasteiger partial charge in [0.05, 0.1) is 0 Å². The first kappa shape index (κ1) is 10.0. The van der Waals surface area contributed by atoms with E-state index < -0.39 is 0 Å². The molecule has 0 aromatic carbocycles. The van der Waals surface area contributed by atoms with Gasteiger partial charge in [-0.3, -0.25) is 0 Å². The molecule has 0 radical (unpaired) electrons. The molecule has 0 unspecified atom stereocenters. The van der Waals surface area contributed by atoms with E-state index in [0.29, 0.717) is 0 Å². The molecule has 1 aliphatic carbocycles. The molecule has 0 aliphatic heterocycles. The van der Waals surface area contributed by atoms with E-state index in [1.54, 1.807) is 0 Å². The summed E-state index contributed by atoms with van der Waals surface area (Å²) in [6, 6.07) is 0.838. The number of hydrogen-bond acceptors (Lipinski definition) is 1. The molecular weight excluding hydrogens is 146 g/mol. The zero-order valence-electron chi connectivity index (χ0n) is 8.44. The van der Waals surface area contributed by atoms with Crippen LogP contribution in [0, 0.1) is 0 Å². The van der Waals surface area contributed by atoms with Gasteiger partial charge in [-0.05, 0) is 25.8 Å². The van der Waals surface area contributed by atoms with E-state index in [4.69, 9.17) is 0 Å². The zero-order chi connectivity index (χ0) is 8.65. The third-order valence-electron chi connectivity index (χ3n) is 2.79. The van der Waals surface area contributed by atoms with Crippen molar-refractivity contribution < 1.29 is 0 Å². The second-order valence-corrected chi connectivity index (χ2v) is 4.00. The van der Waals surface area contributed by atoms with Crippen molar-refractivity contribution in [2.75, 3.05) is 6.54 Å². The van der Waals surface area contributed by atoms with Crippen molar-refractivity contribution in [2.24, 2.45) is 0 Å². The SMILES string of the molecule is CCCNC1CCCCCCC1. The summed E-state index contributed by atoms with van der Waals surface area (Å²) in [6.45, 7) is 3.46. The summed E-state index contributed by atoms with van der Waals surface area (Å²) in [4.78, 5) is 0. The van der Waals surface area contributed by atoms with Crippen molar-refractivity contribution in [2.45, 2.75) is 64.3 Å². The summed E-state index contributed by atoms with van der Waals surface area (Å²) in [5.41, 5.74) is 0. The molecule has 12 heavy (non-hydrogen) atoms. The predicted molar refractivity (Wildman–Crippen MR) is 54.4 cm³/mol. The van der Waals surface area contributed by atoms with Crippen LogP contribution < -0.4 is 5.32 Å². The lowest BCUT2D eigenvalue weighted by Crippen LogP contribution is -2.30. The van der Waals surface area contributed by atoms with E-state index >= 15 is 0 Å². The molecule has 1 rings (SSSR count). The third kappa shape index (κ3) is 4.10. The number of rotatable bonds is 3. The first-order chi connectivity index (χ1) is 5.93. The van der Waals surface area contributed by atoms with Gasteiger partial charge >= 0.3 is 0 Å². The molecule has 1 N–H and O–H groups in total. The summed E-state index contributed by atoms with van der Waals surface area (Å²) < 4.78 is 0. The standard InChI is InChI=1S/C11H23N/c1-2-10-12-11-8-6-4-3-5-7-9-11/h11-12H,2-10H2,1H3. The van der Waals surface area contributed by atoms with Gasteiger partial charge in [0.2, 0.25) is 0 Å². The van der Waals surface area contributed by atoms with Gasteiger partial charge in [-0.15, -0.1) is 0 Å². The predicted octanol–water partition coefficient (Wildman–Crippen LogP) is 3.10. The van der Waals surface area contributed by atoms with E-state index in [9.17, 15) is 0 Å². The van der Waals surface area contributed by atoms with E-state index in [1.165, 1.54) is 57.9 Å². The molecule has 1 saturated carbocycles. The van der Waals surface area contributed by atoms with Crippen molar-refractivity contribution >= 4 is 0 Å². The lowest BCUT2D eigenvalue weighted by Gasteiger charge is -2.20. The Labute approximate surface area is 76.9 Å². The van der Waals surface area contributed by atoms with E-state index in [1.807, 2.05) is 0 Å². The Kier molecular flexibility index (Phi) is 5.42. The lowest BCUT2D eigenvalue weighted by molar-refractivity contribution is 0.391. The summed E-state index contributed by atoms with van der Waals surface area (Å²) in [6.07, 6.45) is 11.4. The molecule has 1 aliphatic rings. The van der Waals surface area contributed by atoms with Crippen LogP contribution in [0.25, 0.3) is 0 Å². The van der Waals surface area contributed by atoms with Crippen molar-refractivity contribution in [3.63, 3.8) is 0 Å². The van der Waals surface area contributed by atoms with Crippen LogP contribution in [0.1, 0.15) is 58.3 Å². The number of nitrogens with one attached hydrogen (secondary N) is 1. The average Bonchev–Trinajstić information content (AvgIpc) is 2.02. The molecule has 0 bridgehead atoms. The Hall–Kier alpha value is -0.0400. The Bertz CT molecular complexity index is 90.4. The van der Waals surface area contributed by atoms with Crippen molar-refractivity contribution in [3.05, 3.63) is 0 Å². The Morgan fingerprint density at radius 2 is 1.58 bits per heavy atom. The van der Waals surface area contributed by atoms with Gasteiger partial charge in [0, 0.05) is 6.04 Å². The van der Waals surface area contributed by atoms with E-state index in [0.717, 1.165) is 6.04 Å². The fourth-order valence-corrected chi connectivity index (χ4v) is 2.01. The van der Waals surface area contributed by atoms with Crippen molar-refractivity contribution in [3.8, 4) is 0 Å². The molecule has 72 valence electrons. The highest BCUT2D eigenvalue weighted by Crippen LogP contribution is 2.16. The van der Waals surface area contributed by atoms with Crippen LogP contribution in [0.4, 0.5) is 0 Å². The normalized spacial score (nSPS) is 21.8. The maximum Gasteiger partial charge on any atom is 0.00670 e. The molecule has 0 saturated heterocycles. The minimum absolute atomic E-state index is 0.838. The van der Waals surface area contributed by atoms with E-state index in [2.05, 4.69) is 12.2 Å². The minimum Gasteiger partial charge on any atom is -0.314 e. The summed E-state index contributed by atoms with van der Waals surface area (Å²) >= 11 is 0. The van der Waals surface area contributed by atoms with Crippen molar-refractivity contribution in [1.82, 2.24) is 5.32 Å². The molecule has 1 fully saturated rings. The van der Waals surface area contributed by atoms with Crippen LogP contribution in [-0.2, 0) is 0 Å². The highest BCUT2D eigenvalue weighted by molar-refractivity contribution is 4.69. The van der Waals surface area contributed by atoms with Gasteiger partial charge in [-0.1, -0.05) is 39.0 Å². The highest BCUT2D eigenvalue weighted by Gasteiger charge is 2.09. The highest BCUT2D eigenvalue weighted by atomic mass is 14.9. The topological polar surface area (TPSA) is 12.0 Å². The maximum absolute atomic E-state index is 3.64. The van der Waals surface area contributed by atoms with Crippen LogP contribution in [0.5, 0.6) is 0 Å². The van der Waals surface area contributed by atoms with Crippen LogP contribution in [0.2, 0.25) is 0 Å². The van der Waals surface area contributed by atoms with E-state index in [-0.39, 0.29) is 0 Å². The first-order valence-electron chi connectivity index (χ1n) is 5.67. The zero-order valence-corrected chi connectivity index (χ0v) is 8.44. The first-order valence-corrected chi connectivity index (χ1v) is 5.67. The molecule has 0 aromatic heterocycles. The Balaban J connectivity index is 2.11. The smallest absolute Gasteiger partial charge is 0.00670 e. The lowest BCUT2D eigenvalue weighted by atomic mass is 9.97. The van der Waals surface area contributed by atoms with Crippen LogP contribution in [0.3, 0.4) is 0 Å². The van der Waals surface area contributed by atoms with Gasteiger partial charge in [-0.25, -0.2) is 0 Å². The summed E-state index contributed by atoms with van der Waals surface area (Å²) in [5, 5.41) is 3.64. The van der Waals surface area contributed by atoms with Gasteiger partial charge in [0.25, 0.3) is 0 Å². The monoisotopic (exact) mass is 169 g/mol. The van der Waals surface area contributed by atoms with Crippen LogP contribution in [0.15, 0.2) is 0 Å². The molecule has 1 heteroatoms. The molecule has 0 aromatic rings. The van der Waals surface area contributed by atoms with Gasteiger partial charge in [0.15, 0.2) is 0 Å². The molecule has 0 heterocycles. The Morgan fingerprint density at radius 1 is 1.00 bits per heavy atom. The van der Waals surface area contributed by atoms with Gasteiger partial charge in [0.1, 0.15) is 0 Å². The maximum atomic E-state index is 3.64. The molecule has 1 nitrogen and oxygen atoms in total. The molecular formula is C11H23N. The largest absolute Gasteiger partial charge is 0.314 e. The average molecular weight is 169 g/mol. The fraction of sp³-hybridized carbons (Fsp3) is 1.00. The minimum atomic E-state index is 0.838. The number of hydrogen-bond donors (Lipinski definition) is 1. The summed E-state index contributed by atoms with van der Waals surface area (Å²) in [7, 11) is 0. The van der Waals surface area contributed by atoms with Crippen molar-refractivity contribution in [1.29, 1.82) is 0 Å². The quantitative estimate of drug-likeness (QED) is 0.684. The molecule has 0 amide bonds. The van der Waals surface area contributed by atoms with Crippen LogP contribution >= 0.6 is 0 Å². The Morgan fingerprint density at radius 3 is 2.17 bits per heavy atom. The summed E-state index contributed by atoms with van der Waals surface area (Å²) in [5.74, 6) is 0. The fourth-order valence-electron chi connectivity index (χ4n) is 2.01. The van der Waals surface area contributed by atoms with Gasteiger partial charge < -0.3 is 5.32 Å². The molecule has 0 atom stereocenters. The second kappa shape index (κ2) is 6.47. The van der Waals surface area contributed by atoms with Gasteiger partial charge in [-0.2, -0.15) is 0 Å². The second-order valence-electron chi connectivity index (χ2n) is 4.00. The van der Waals surface area contributed by atoms with Crippen LogP contribution in [-0.4, -0.2) is 12.6 Å².